The highest BCUT2D eigenvalue weighted by molar-refractivity contribution is 7.80. The second-order valence-electron chi connectivity index (χ2n) is 5.94. The van der Waals surface area contributed by atoms with Gasteiger partial charge in [-0.3, -0.25) is 4.79 Å². The molecular weight excluding hydrogens is 385 g/mol. The van der Waals surface area contributed by atoms with Crippen molar-refractivity contribution in [1.82, 2.24) is 10.3 Å². The molecule has 3 aromatic rings. The number of halogens is 1. The van der Waals surface area contributed by atoms with Crippen molar-refractivity contribution in [1.29, 1.82) is 0 Å². The topological polar surface area (TPSA) is 74.2 Å². The number of aliphatic carboxylic acids is 1. The van der Waals surface area contributed by atoms with Crippen molar-refractivity contribution in [3.05, 3.63) is 58.9 Å². The van der Waals surface area contributed by atoms with Gasteiger partial charge in [-0.05, 0) is 54.5 Å². The summed E-state index contributed by atoms with van der Waals surface area (Å²) < 4.78 is 14.2. The first-order valence-corrected chi connectivity index (χ1v) is 9.61. The van der Waals surface area contributed by atoms with E-state index in [4.69, 9.17) is 17.3 Å². The largest absolute Gasteiger partial charge is 0.481 e. The van der Waals surface area contributed by atoms with Gasteiger partial charge in [0.2, 0.25) is 0 Å². The minimum atomic E-state index is -0.974. The molecule has 0 aliphatic rings. The Morgan fingerprint density at radius 3 is 2.70 bits per heavy atom. The van der Waals surface area contributed by atoms with Crippen LogP contribution in [0.15, 0.2) is 42.5 Å². The summed E-state index contributed by atoms with van der Waals surface area (Å²) in [5.41, 5.74) is 2.38. The Balaban J connectivity index is 1.73. The summed E-state index contributed by atoms with van der Waals surface area (Å²) in [6.07, 6.45) is 0.706. The van der Waals surface area contributed by atoms with E-state index in [9.17, 15) is 9.18 Å². The molecule has 0 aliphatic carbocycles. The monoisotopic (exact) mass is 403 g/mol. The zero-order chi connectivity index (χ0) is 19.4. The second kappa shape index (κ2) is 8.41. The number of nitrogens with zero attached hydrogens (tertiary/aromatic N) is 1. The first kappa shape index (κ1) is 19.2. The van der Waals surface area contributed by atoms with Crippen LogP contribution in [0.4, 0.5) is 10.1 Å². The van der Waals surface area contributed by atoms with Crippen LogP contribution < -0.4 is 10.6 Å². The molecule has 140 valence electrons. The summed E-state index contributed by atoms with van der Waals surface area (Å²) in [4.78, 5) is 15.7. The lowest BCUT2D eigenvalue weighted by Crippen LogP contribution is -2.33. The lowest BCUT2D eigenvalue weighted by molar-refractivity contribution is -0.137. The first-order chi connectivity index (χ1) is 12.9. The van der Waals surface area contributed by atoms with E-state index in [0.29, 0.717) is 10.7 Å². The average Bonchev–Trinajstić information content (AvgIpc) is 3.04. The molecule has 0 radical (unpaired) electrons. The Morgan fingerprint density at radius 2 is 2.04 bits per heavy atom. The number of fused-ring (bicyclic) bond motifs is 1. The molecule has 0 amide bonds. The van der Waals surface area contributed by atoms with Gasteiger partial charge >= 0.3 is 5.97 Å². The predicted octanol–water partition coefficient (Wildman–Crippen LogP) is 4.50. The molecule has 1 atom stereocenters. The number of thiocarbonyl (C=S) groups is 1. The number of anilines is 1. The molecule has 0 fully saturated rings. The number of rotatable bonds is 6. The van der Waals surface area contributed by atoms with Crippen LogP contribution in [0.3, 0.4) is 0 Å². The summed E-state index contributed by atoms with van der Waals surface area (Å²) in [6.45, 7) is 2.06. The van der Waals surface area contributed by atoms with Crippen molar-refractivity contribution in [3.8, 4) is 0 Å². The van der Waals surface area contributed by atoms with E-state index in [1.54, 1.807) is 23.5 Å². The van der Waals surface area contributed by atoms with Crippen LogP contribution in [0.25, 0.3) is 10.2 Å². The number of carboxylic acid groups (broad SMARTS) is 1. The summed E-state index contributed by atoms with van der Waals surface area (Å²) in [7, 11) is 0. The Hall–Kier alpha value is -2.58. The highest BCUT2D eigenvalue weighted by atomic mass is 32.1. The average molecular weight is 404 g/mol. The number of benzene rings is 2. The second-order valence-corrected chi connectivity index (χ2v) is 7.47. The highest BCUT2D eigenvalue weighted by Crippen LogP contribution is 2.26. The molecule has 27 heavy (non-hydrogen) atoms. The Labute approximate surface area is 165 Å². The Kier molecular flexibility index (Phi) is 5.98. The molecule has 0 saturated heterocycles. The number of nitrogens with one attached hydrogen (secondary N) is 2. The van der Waals surface area contributed by atoms with Gasteiger partial charge in [-0.25, -0.2) is 9.37 Å². The predicted molar refractivity (Wildman–Crippen MR) is 110 cm³/mol. The third-order valence-corrected chi connectivity index (χ3v) is 5.33. The van der Waals surface area contributed by atoms with Crippen LogP contribution >= 0.6 is 23.6 Å². The molecule has 0 aliphatic heterocycles. The van der Waals surface area contributed by atoms with Crippen LogP contribution in [-0.4, -0.2) is 21.2 Å². The van der Waals surface area contributed by atoms with E-state index >= 15 is 0 Å². The minimum absolute atomic E-state index is 0.179. The molecule has 0 bridgehead atoms. The smallest absolute Gasteiger partial charge is 0.305 e. The summed E-state index contributed by atoms with van der Waals surface area (Å²) >= 11 is 6.97. The summed E-state index contributed by atoms with van der Waals surface area (Å²) in [5.74, 6) is -1.35. The SMILES string of the molecule is CCc1nc2ccc(NC(=S)NC(CC(=O)O)c3ccc(F)cc3)cc2s1. The van der Waals surface area contributed by atoms with Crippen LogP contribution in [-0.2, 0) is 11.2 Å². The molecule has 2 aromatic carbocycles. The van der Waals surface area contributed by atoms with Gasteiger partial charge in [-0.15, -0.1) is 11.3 Å². The van der Waals surface area contributed by atoms with Crippen LogP contribution in [0.1, 0.15) is 30.0 Å². The standard InChI is InChI=1S/C19H18FN3O2S2/c1-2-17-22-14-8-7-13(9-16(14)27-17)21-19(26)23-15(10-18(24)25)11-3-5-12(20)6-4-11/h3-9,15H,2,10H2,1H3,(H,24,25)(H2,21,23,26). The van der Waals surface area contributed by atoms with E-state index in [2.05, 4.69) is 22.5 Å². The van der Waals surface area contributed by atoms with Gasteiger partial charge in [0.05, 0.1) is 27.7 Å². The fourth-order valence-corrected chi connectivity index (χ4v) is 3.86. The maximum Gasteiger partial charge on any atom is 0.305 e. The number of carbonyl (C=O) groups is 1. The molecule has 1 aromatic heterocycles. The zero-order valence-electron chi connectivity index (χ0n) is 14.5. The molecule has 3 N–H and O–H groups in total. The van der Waals surface area contributed by atoms with Gasteiger partial charge in [-0.2, -0.15) is 0 Å². The fraction of sp³-hybridized carbons (Fsp3) is 0.211. The van der Waals surface area contributed by atoms with Gasteiger partial charge in [0.25, 0.3) is 0 Å². The normalized spacial score (nSPS) is 11.9. The summed E-state index contributed by atoms with van der Waals surface area (Å²) in [5, 5.41) is 16.6. The molecule has 1 unspecified atom stereocenters. The molecule has 8 heteroatoms. The third-order valence-electron chi connectivity index (χ3n) is 3.95. The van der Waals surface area contributed by atoms with E-state index in [-0.39, 0.29) is 12.2 Å². The molecule has 1 heterocycles. The Morgan fingerprint density at radius 1 is 1.30 bits per heavy atom. The van der Waals surface area contributed by atoms with Gasteiger partial charge in [0.15, 0.2) is 5.11 Å². The number of hydrogen-bond acceptors (Lipinski definition) is 4. The van der Waals surface area contributed by atoms with E-state index in [1.807, 2.05) is 18.2 Å². The van der Waals surface area contributed by atoms with Crippen molar-refractivity contribution >= 4 is 50.5 Å². The molecule has 0 spiro atoms. The van der Waals surface area contributed by atoms with Crippen molar-refractivity contribution in [2.45, 2.75) is 25.8 Å². The quantitative estimate of drug-likeness (QED) is 0.526. The van der Waals surface area contributed by atoms with E-state index in [1.165, 1.54) is 12.1 Å². The molecule has 5 nitrogen and oxygen atoms in total. The van der Waals surface area contributed by atoms with Gasteiger partial charge in [0, 0.05) is 5.69 Å². The van der Waals surface area contributed by atoms with Gasteiger partial charge < -0.3 is 15.7 Å². The lowest BCUT2D eigenvalue weighted by atomic mass is 10.0. The van der Waals surface area contributed by atoms with E-state index in [0.717, 1.165) is 27.3 Å². The van der Waals surface area contributed by atoms with Crippen LogP contribution in [0.5, 0.6) is 0 Å². The number of thiazole rings is 1. The number of hydrogen-bond donors (Lipinski definition) is 3. The van der Waals surface area contributed by atoms with Crippen molar-refractivity contribution in [3.63, 3.8) is 0 Å². The van der Waals surface area contributed by atoms with Crippen molar-refractivity contribution in [2.24, 2.45) is 0 Å². The van der Waals surface area contributed by atoms with E-state index < -0.39 is 12.0 Å². The zero-order valence-corrected chi connectivity index (χ0v) is 16.2. The third kappa shape index (κ3) is 4.99. The Bertz CT molecular complexity index is 973. The van der Waals surface area contributed by atoms with Crippen molar-refractivity contribution < 1.29 is 14.3 Å². The highest BCUT2D eigenvalue weighted by Gasteiger charge is 2.17. The van der Waals surface area contributed by atoms with Crippen LogP contribution in [0.2, 0.25) is 0 Å². The molecule has 3 rings (SSSR count). The first-order valence-electron chi connectivity index (χ1n) is 8.39. The number of aryl methyl sites for hydroxylation is 1. The fourth-order valence-electron chi connectivity index (χ4n) is 2.65. The van der Waals surface area contributed by atoms with Crippen LogP contribution in [0, 0.1) is 5.82 Å². The number of carboxylic acids is 1. The molecular formula is C19H18FN3O2S2. The maximum absolute atomic E-state index is 13.1. The lowest BCUT2D eigenvalue weighted by Gasteiger charge is -2.20. The summed E-state index contributed by atoms with van der Waals surface area (Å²) in [6, 6.07) is 10.9. The number of aromatic nitrogens is 1. The maximum atomic E-state index is 13.1. The van der Waals surface area contributed by atoms with Crippen molar-refractivity contribution in [2.75, 3.05) is 5.32 Å². The molecule has 0 saturated carbocycles. The van der Waals surface area contributed by atoms with Gasteiger partial charge in [-0.1, -0.05) is 19.1 Å². The minimum Gasteiger partial charge on any atom is -0.481 e. The van der Waals surface area contributed by atoms with Gasteiger partial charge in [0.1, 0.15) is 5.82 Å².